The molecule has 1 aliphatic heterocycles. The van der Waals surface area contributed by atoms with E-state index in [0.29, 0.717) is 6.54 Å². The van der Waals surface area contributed by atoms with Crippen molar-refractivity contribution in [2.24, 2.45) is 5.41 Å². The van der Waals surface area contributed by atoms with Crippen molar-refractivity contribution in [2.75, 3.05) is 19.6 Å². The Kier molecular flexibility index (Phi) is 4.67. The van der Waals surface area contributed by atoms with E-state index >= 15 is 0 Å². The highest BCUT2D eigenvalue weighted by Gasteiger charge is 2.34. The van der Waals surface area contributed by atoms with Gasteiger partial charge in [0.1, 0.15) is 0 Å². The molecule has 1 heterocycles. The maximum Gasteiger partial charge on any atom is 0.214 e. The first-order chi connectivity index (χ1) is 8.58. The van der Waals surface area contributed by atoms with Gasteiger partial charge in [0.15, 0.2) is 0 Å². The van der Waals surface area contributed by atoms with Crippen molar-refractivity contribution < 1.29 is 8.42 Å². The van der Waals surface area contributed by atoms with Crippen LogP contribution in [0.15, 0.2) is 0 Å². The van der Waals surface area contributed by atoms with Gasteiger partial charge in [0.25, 0.3) is 0 Å². The molecule has 18 heavy (non-hydrogen) atoms. The molecule has 2 fully saturated rings. The highest BCUT2D eigenvalue weighted by molar-refractivity contribution is 7.90. The van der Waals surface area contributed by atoms with E-state index in [-0.39, 0.29) is 10.7 Å². The molecule has 1 saturated heterocycles. The zero-order chi connectivity index (χ0) is 13.1. The summed E-state index contributed by atoms with van der Waals surface area (Å²) in [6.07, 6.45) is 7.03. The monoisotopic (exact) mass is 274 g/mol. The Bertz CT molecular complexity index is 355. The van der Waals surface area contributed by atoms with Crippen LogP contribution >= 0.6 is 0 Å². The first-order valence-electron chi connectivity index (χ1n) is 7.27. The second kappa shape index (κ2) is 5.88. The quantitative estimate of drug-likeness (QED) is 0.801. The van der Waals surface area contributed by atoms with Crippen LogP contribution in [0.2, 0.25) is 0 Å². The van der Waals surface area contributed by atoms with E-state index in [4.69, 9.17) is 0 Å². The zero-order valence-electron chi connectivity index (χ0n) is 11.4. The van der Waals surface area contributed by atoms with E-state index in [1.807, 2.05) is 0 Å². The Morgan fingerprint density at radius 1 is 1.22 bits per heavy atom. The largest absolute Gasteiger partial charge is 0.317 e. The number of rotatable bonds is 5. The summed E-state index contributed by atoms with van der Waals surface area (Å²) in [6, 6.07) is 0. The lowest BCUT2D eigenvalue weighted by atomic mass is 9.77. The van der Waals surface area contributed by atoms with Crippen molar-refractivity contribution in [3.05, 3.63) is 0 Å². The molecule has 4 nitrogen and oxygen atoms in total. The minimum Gasteiger partial charge on any atom is -0.317 e. The molecular formula is C13H26N2O2S. The van der Waals surface area contributed by atoms with Crippen molar-refractivity contribution in [3.8, 4) is 0 Å². The Labute approximate surface area is 111 Å². The summed E-state index contributed by atoms with van der Waals surface area (Å²) in [5, 5.41) is 3.22. The average molecular weight is 274 g/mol. The number of nitrogens with one attached hydrogen (secondary N) is 2. The molecule has 0 aromatic carbocycles. The Balaban J connectivity index is 1.92. The molecule has 0 amide bonds. The van der Waals surface area contributed by atoms with Crippen LogP contribution in [0.1, 0.15) is 51.9 Å². The molecular weight excluding hydrogens is 248 g/mol. The minimum absolute atomic E-state index is 0.131. The van der Waals surface area contributed by atoms with Crippen LogP contribution in [0.4, 0.5) is 0 Å². The molecule has 0 bridgehead atoms. The molecule has 2 rings (SSSR count). The molecule has 1 saturated carbocycles. The van der Waals surface area contributed by atoms with Crippen LogP contribution in [0.3, 0.4) is 0 Å². The third-order valence-electron chi connectivity index (χ3n) is 4.80. The van der Waals surface area contributed by atoms with E-state index in [0.717, 1.165) is 58.0 Å². The maximum atomic E-state index is 12.2. The lowest BCUT2D eigenvalue weighted by Gasteiger charge is -2.37. The minimum atomic E-state index is -3.08. The highest BCUT2D eigenvalue weighted by Crippen LogP contribution is 2.32. The van der Waals surface area contributed by atoms with Gasteiger partial charge in [-0.25, -0.2) is 13.1 Å². The van der Waals surface area contributed by atoms with Crippen LogP contribution < -0.4 is 10.0 Å². The zero-order valence-corrected chi connectivity index (χ0v) is 12.2. The van der Waals surface area contributed by atoms with Crippen molar-refractivity contribution in [3.63, 3.8) is 0 Å². The summed E-state index contributed by atoms with van der Waals surface area (Å²) in [5.41, 5.74) is 0.178. The number of hydrogen-bond donors (Lipinski definition) is 2. The molecule has 0 aromatic rings. The van der Waals surface area contributed by atoms with Gasteiger partial charge in [-0.3, -0.25) is 0 Å². The molecule has 0 radical (unpaired) electrons. The lowest BCUT2D eigenvalue weighted by molar-refractivity contribution is 0.196. The van der Waals surface area contributed by atoms with Gasteiger partial charge in [-0.1, -0.05) is 19.8 Å². The fraction of sp³-hybridized carbons (Fsp3) is 1.00. The topological polar surface area (TPSA) is 58.2 Å². The number of hydrogen-bond acceptors (Lipinski definition) is 3. The van der Waals surface area contributed by atoms with E-state index < -0.39 is 10.0 Å². The lowest BCUT2D eigenvalue weighted by Crippen LogP contribution is -2.46. The van der Waals surface area contributed by atoms with Gasteiger partial charge in [0.2, 0.25) is 10.0 Å². The third-order valence-corrected chi connectivity index (χ3v) is 6.70. The predicted octanol–water partition coefficient (Wildman–Crippen LogP) is 1.63. The standard InChI is InChI=1S/C13H26N2O2S/c1-2-13(7-9-14-10-8-13)11-15-18(16,17)12-5-3-4-6-12/h12,14-15H,2-11H2,1H3. The Morgan fingerprint density at radius 2 is 1.83 bits per heavy atom. The van der Waals surface area contributed by atoms with E-state index in [2.05, 4.69) is 17.0 Å². The molecule has 106 valence electrons. The first-order valence-corrected chi connectivity index (χ1v) is 8.82. The first kappa shape index (κ1) is 14.3. The molecule has 2 N–H and O–H groups in total. The van der Waals surface area contributed by atoms with Crippen molar-refractivity contribution >= 4 is 10.0 Å². The van der Waals surface area contributed by atoms with E-state index in [1.54, 1.807) is 0 Å². The van der Waals surface area contributed by atoms with Gasteiger partial charge in [-0.2, -0.15) is 0 Å². The van der Waals surface area contributed by atoms with Gasteiger partial charge in [0, 0.05) is 6.54 Å². The third kappa shape index (κ3) is 3.25. The second-order valence-electron chi connectivity index (χ2n) is 5.88. The molecule has 1 aliphatic carbocycles. The SMILES string of the molecule is CCC1(CNS(=O)(=O)C2CCCC2)CCNCC1. The fourth-order valence-electron chi connectivity index (χ4n) is 3.18. The summed E-state index contributed by atoms with van der Waals surface area (Å²) in [4.78, 5) is 0. The second-order valence-corrected chi connectivity index (χ2v) is 7.92. The maximum absolute atomic E-state index is 12.2. The average Bonchev–Trinajstić information content (AvgIpc) is 2.92. The number of sulfonamides is 1. The smallest absolute Gasteiger partial charge is 0.214 e. The summed E-state index contributed by atoms with van der Waals surface area (Å²) in [6.45, 7) is 4.83. The van der Waals surface area contributed by atoms with Gasteiger partial charge in [0.05, 0.1) is 5.25 Å². The van der Waals surface area contributed by atoms with Crippen LogP contribution in [0.25, 0.3) is 0 Å². The van der Waals surface area contributed by atoms with Crippen LogP contribution in [-0.4, -0.2) is 33.3 Å². The fourth-order valence-corrected chi connectivity index (χ4v) is 4.88. The summed E-state index contributed by atoms with van der Waals surface area (Å²) >= 11 is 0. The Morgan fingerprint density at radius 3 is 2.39 bits per heavy atom. The molecule has 0 spiro atoms. The van der Waals surface area contributed by atoms with Gasteiger partial charge < -0.3 is 5.32 Å². The molecule has 0 unspecified atom stereocenters. The summed E-state index contributed by atoms with van der Waals surface area (Å²) < 4.78 is 27.3. The van der Waals surface area contributed by atoms with E-state index in [1.165, 1.54) is 0 Å². The Hall–Kier alpha value is -0.130. The van der Waals surface area contributed by atoms with Gasteiger partial charge >= 0.3 is 0 Å². The van der Waals surface area contributed by atoms with Crippen molar-refractivity contribution in [1.29, 1.82) is 0 Å². The summed E-state index contributed by atoms with van der Waals surface area (Å²) in [7, 11) is -3.08. The van der Waals surface area contributed by atoms with Gasteiger partial charge in [-0.05, 0) is 50.6 Å². The van der Waals surface area contributed by atoms with Crippen LogP contribution in [0, 0.1) is 5.41 Å². The molecule has 0 aromatic heterocycles. The predicted molar refractivity (Wildman–Crippen MR) is 74.0 cm³/mol. The molecule has 2 aliphatic rings. The van der Waals surface area contributed by atoms with Crippen LogP contribution in [0.5, 0.6) is 0 Å². The normalized spacial score (nSPS) is 25.4. The molecule has 5 heteroatoms. The highest BCUT2D eigenvalue weighted by atomic mass is 32.2. The van der Waals surface area contributed by atoms with E-state index in [9.17, 15) is 8.42 Å². The summed E-state index contributed by atoms with van der Waals surface area (Å²) in [5.74, 6) is 0. The number of piperidine rings is 1. The molecule has 0 atom stereocenters. The van der Waals surface area contributed by atoms with Crippen molar-refractivity contribution in [1.82, 2.24) is 10.0 Å². The van der Waals surface area contributed by atoms with Gasteiger partial charge in [-0.15, -0.1) is 0 Å². The van der Waals surface area contributed by atoms with Crippen molar-refractivity contribution in [2.45, 2.75) is 57.1 Å². The van der Waals surface area contributed by atoms with Crippen LogP contribution in [-0.2, 0) is 10.0 Å².